The first-order valence-corrected chi connectivity index (χ1v) is 11.1. The molecule has 0 atom stereocenters. The fraction of sp³-hybridized carbons (Fsp3) is 0.739. The summed E-state index contributed by atoms with van der Waals surface area (Å²) in [6.45, 7) is 10.3. The quantitative estimate of drug-likeness (QED) is 0.771. The van der Waals surface area contributed by atoms with E-state index in [1.165, 1.54) is 70.5 Å². The predicted octanol–water partition coefficient (Wildman–Crippen LogP) is 3.20. The number of anilines is 1. The van der Waals surface area contributed by atoms with E-state index in [4.69, 9.17) is 0 Å². The Morgan fingerprint density at radius 2 is 1.68 bits per heavy atom. The molecule has 0 unspecified atom stereocenters. The van der Waals surface area contributed by atoms with E-state index >= 15 is 0 Å². The molecule has 0 amide bonds. The first-order chi connectivity index (χ1) is 13.5. The highest BCUT2D eigenvalue weighted by Gasteiger charge is 2.41. The monoisotopic (exact) mass is 388 g/mol. The molecular weight excluding hydrogens is 351 g/mol. The molecule has 3 saturated heterocycles. The number of hydrogen-bond acceptors (Lipinski definition) is 4. The van der Waals surface area contributed by atoms with E-state index in [-0.39, 0.29) is 5.82 Å². The van der Waals surface area contributed by atoms with Crippen molar-refractivity contribution in [1.29, 1.82) is 0 Å². The molecule has 0 aromatic heterocycles. The lowest BCUT2D eigenvalue weighted by molar-refractivity contribution is 0.0229. The fourth-order valence-corrected chi connectivity index (χ4v) is 5.66. The minimum atomic E-state index is -0.131. The van der Waals surface area contributed by atoms with Crippen LogP contribution >= 0.6 is 0 Å². The Kier molecular flexibility index (Phi) is 5.96. The molecule has 0 bridgehead atoms. The SMILES string of the molecule is Cc1cc(F)ccc1N1CCC(N2CCCN(C)C3(CCN(C)CC3)C2)CC1. The van der Waals surface area contributed by atoms with Crippen molar-refractivity contribution in [3.63, 3.8) is 0 Å². The molecule has 1 aromatic carbocycles. The molecule has 0 N–H and O–H groups in total. The highest BCUT2D eigenvalue weighted by Crippen LogP contribution is 2.33. The van der Waals surface area contributed by atoms with Crippen LogP contribution < -0.4 is 4.90 Å². The normalized spacial score (nSPS) is 25.9. The standard InChI is InChI=1S/C23H37FN4/c1-19-17-20(24)5-6-22(19)27-13-7-21(8-14-27)28-12-4-11-26(3)23(18-28)9-15-25(2)16-10-23/h5-6,17,21H,4,7-16,18H2,1-3H3. The predicted molar refractivity (Wildman–Crippen MR) is 115 cm³/mol. The van der Waals surface area contributed by atoms with Crippen molar-refractivity contribution < 1.29 is 4.39 Å². The Hall–Kier alpha value is -1.17. The van der Waals surface area contributed by atoms with E-state index in [2.05, 4.69) is 33.7 Å². The van der Waals surface area contributed by atoms with Crippen molar-refractivity contribution in [2.75, 3.05) is 64.8 Å². The van der Waals surface area contributed by atoms with Gasteiger partial charge in [0.05, 0.1) is 0 Å². The maximum atomic E-state index is 13.5. The molecule has 1 aromatic rings. The smallest absolute Gasteiger partial charge is 0.123 e. The maximum Gasteiger partial charge on any atom is 0.123 e. The van der Waals surface area contributed by atoms with Gasteiger partial charge in [-0.25, -0.2) is 4.39 Å². The van der Waals surface area contributed by atoms with E-state index in [9.17, 15) is 4.39 Å². The number of piperidine rings is 2. The Bertz CT molecular complexity index is 663. The number of benzene rings is 1. The molecule has 5 heteroatoms. The molecule has 3 aliphatic heterocycles. The molecule has 3 fully saturated rings. The van der Waals surface area contributed by atoms with E-state index < -0.39 is 0 Å². The number of likely N-dealkylation sites (tertiary alicyclic amines) is 1. The van der Waals surface area contributed by atoms with Gasteiger partial charge in [0.15, 0.2) is 0 Å². The molecule has 0 aliphatic carbocycles. The van der Waals surface area contributed by atoms with Gasteiger partial charge in [0.2, 0.25) is 0 Å². The summed E-state index contributed by atoms with van der Waals surface area (Å²) in [5.74, 6) is -0.131. The third-order valence-electron chi connectivity index (χ3n) is 7.64. The second-order valence-corrected chi connectivity index (χ2v) is 9.42. The Morgan fingerprint density at radius 3 is 2.36 bits per heavy atom. The zero-order valence-electron chi connectivity index (χ0n) is 18.0. The van der Waals surface area contributed by atoms with Gasteiger partial charge in [0.25, 0.3) is 0 Å². The second-order valence-electron chi connectivity index (χ2n) is 9.42. The molecule has 1 spiro atoms. The molecule has 0 radical (unpaired) electrons. The van der Waals surface area contributed by atoms with E-state index in [0.717, 1.165) is 18.7 Å². The van der Waals surface area contributed by atoms with E-state index in [1.807, 2.05) is 13.0 Å². The largest absolute Gasteiger partial charge is 0.371 e. The van der Waals surface area contributed by atoms with Crippen LogP contribution in [0.25, 0.3) is 0 Å². The van der Waals surface area contributed by atoms with E-state index in [1.54, 1.807) is 12.1 Å². The number of aryl methyl sites for hydroxylation is 1. The van der Waals surface area contributed by atoms with Crippen LogP contribution in [0.5, 0.6) is 0 Å². The van der Waals surface area contributed by atoms with Gasteiger partial charge in [-0.2, -0.15) is 0 Å². The van der Waals surface area contributed by atoms with Crippen LogP contribution in [-0.4, -0.2) is 86.2 Å². The minimum Gasteiger partial charge on any atom is -0.371 e. The average molecular weight is 389 g/mol. The van der Waals surface area contributed by atoms with Gasteiger partial charge in [0.1, 0.15) is 5.82 Å². The van der Waals surface area contributed by atoms with Gasteiger partial charge in [-0.15, -0.1) is 0 Å². The zero-order valence-corrected chi connectivity index (χ0v) is 18.0. The Balaban J connectivity index is 1.41. The van der Waals surface area contributed by atoms with Crippen molar-refractivity contribution in [3.8, 4) is 0 Å². The Labute approximate surface area is 170 Å². The van der Waals surface area contributed by atoms with Crippen molar-refractivity contribution in [2.24, 2.45) is 0 Å². The molecule has 4 rings (SSSR count). The summed E-state index contributed by atoms with van der Waals surface area (Å²) < 4.78 is 13.5. The zero-order chi connectivity index (χ0) is 19.7. The summed E-state index contributed by atoms with van der Waals surface area (Å²) in [5, 5.41) is 0. The number of halogens is 1. The van der Waals surface area contributed by atoms with Crippen molar-refractivity contribution >= 4 is 5.69 Å². The van der Waals surface area contributed by atoms with Crippen LogP contribution in [0, 0.1) is 12.7 Å². The van der Waals surface area contributed by atoms with Gasteiger partial charge >= 0.3 is 0 Å². The molecule has 28 heavy (non-hydrogen) atoms. The van der Waals surface area contributed by atoms with Crippen LogP contribution in [0.4, 0.5) is 10.1 Å². The summed E-state index contributed by atoms with van der Waals surface area (Å²) in [6, 6.07) is 5.91. The first kappa shape index (κ1) is 20.1. The molecule has 0 saturated carbocycles. The fourth-order valence-electron chi connectivity index (χ4n) is 5.66. The lowest BCUT2D eigenvalue weighted by Crippen LogP contribution is -2.59. The molecule has 3 heterocycles. The lowest BCUT2D eigenvalue weighted by atomic mass is 9.85. The second kappa shape index (κ2) is 8.29. The van der Waals surface area contributed by atoms with Crippen LogP contribution in [-0.2, 0) is 0 Å². The third kappa shape index (κ3) is 4.07. The summed E-state index contributed by atoms with van der Waals surface area (Å²) in [7, 11) is 4.61. The van der Waals surface area contributed by atoms with Crippen molar-refractivity contribution in [3.05, 3.63) is 29.6 Å². The summed E-state index contributed by atoms with van der Waals surface area (Å²) in [4.78, 5) is 10.4. The lowest BCUT2D eigenvalue weighted by Gasteiger charge is -2.49. The van der Waals surface area contributed by atoms with Gasteiger partial charge in [-0.05, 0) is 103 Å². The van der Waals surface area contributed by atoms with Crippen LogP contribution in [0.3, 0.4) is 0 Å². The van der Waals surface area contributed by atoms with E-state index in [0.29, 0.717) is 11.6 Å². The molecule has 4 nitrogen and oxygen atoms in total. The molecule has 3 aliphatic rings. The Morgan fingerprint density at radius 1 is 0.964 bits per heavy atom. The summed E-state index contributed by atoms with van der Waals surface area (Å²) in [6.07, 6.45) is 6.31. The molecule has 156 valence electrons. The minimum absolute atomic E-state index is 0.131. The first-order valence-electron chi connectivity index (χ1n) is 11.1. The number of nitrogens with zero attached hydrogens (tertiary/aromatic N) is 4. The van der Waals surface area contributed by atoms with Gasteiger partial charge in [0, 0.05) is 36.9 Å². The molecular formula is C23H37FN4. The van der Waals surface area contributed by atoms with Gasteiger partial charge in [-0.3, -0.25) is 9.80 Å². The third-order valence-corrected chi connectivity index (χ3v) is 7.64. The van der Waals surface area contributed by atoms with Crippen LogP contribution in [0.1, 0.15) is 37.7 Å². The summed E-state index contributed by atoms with van der Waals surface area (Å²) >= 11 is 0. The number of likely N-dealkylation sites (N-methyl/N-ethyl adjacent to an activating group) is 1. The number of rotatable bonds is 2. The highest BCUT2D eigenvalue weighted by atomic mass is 19.1. The summed E-state index contributed by atoms with van der Waals surface area (Å²) in [5.41, 5.74) is 2.63. The number of hydrogen-bond donors (Lipinski definition) is 0. The van der Waals surface area contributed by atoms with Crippen LogP contribution in [0.15, 0.2) is 18.2 Å². The van der Waals surface area contributed by atoms with Gasteiger partial charge in [-0.1, -0.05) is 0 Å². The van der Waals surface area contributed by atoms with Crippen molar-refractivity contribution in [2.45, 2.75) is 50.6 Å². The average Bonchev–Trinajstić information content (AvgIpc) is 2.84. The van der Waals surface area contributed by atoms with Gasteiger partial charge < -0.3 is 9.80 Å². The highest BCUT2D eigenvalue weighted by molar-refractivity contribution is 5.53. The van der Waals surface area contributed by atoms with Crippen molar-refractivity contribution in [1.82, 2.24) is 14.7 Å². The maximum absolute atomic E-state index is 13.5. The topological polar surface area (TPSA) is 13.0 Å². The van der Waals surface area contributed by atoms with Crippen LogP contribution in [0.2, 0.25) is 0 Å².